The van der Waals surface area contributed by atoms with Gasteiger partial charge in [0.25, 0.3) is 0 Å². The number of thioether (sulfide) groups is 1. The van der Waals surface area contributed by atoms with E-state index in [9.17, 15) is 14.9 Å². The van der Waals surface area contributed by atoms with E-state index in [0.29, 0.717) is 32.5 Å². The van der Waals surface area contributed by atoms with Gasteiger partial charge in [-0.25, -0.2) is 4.79 Å². The van der Waals surface area contributed by atoms with E-state index in [2.05, 4.69) is 16.7 Å². The lowest BCUT2D eigenvalue weighted by Crippen LogP contribution is -2.29. The number of anilines is 1. The molecule has 1 aliphatic heterocycles. The molecule has 0 saturated carbocycles. The fourth-order valence-corrected chi connectivity index (χ4v) is 5.26. The molecule has 4 rings (SSSR count). The number of methoxy groups -OCH3 is 1. The van der Waals surface area contributed by atoms with Gasteiger partial charge in [0.15, 0.2) is 0 Å². The fourth-order valence-electron chi connectivity index (χ4n) is 4.24. The van der Waals surface area contributed by atoms with Crippen molar-refractivity contribution >= 4 is 51.7 Å². The van der Waals surface area contributed by atoms with Gasteiger partial charge in [0.2, 0.25) is 5.91 Å². The van der Waals surface area contributed by atoms with Gasteiger partial charge in [-0.3, -0.25) is 4.79 Å². The summed E-state index contributed by atoms with van der Waals surface area (Å²) >= 11 is 7.30. The van der Waals surface area contributed by atoms with Crippen molar-refractivity contribution in [2.75, 3.05) is 31.4 Å². The lowest BCUT2D eigenvalue weighted by atomic mass is 9.82. The monoisotopic (exact) mass is 547 g/mol. The highest BCUT2D eigenvalue weighted by atomic mass is 35.5. The fraction of sp³-hybridized carbons (Fsp3) is 0.207. The van der Waals surface area contributed by atoms with Crippen molar-refractivity contribution in [3.63, 3.8) is 0 Å². The average molecular weight is 548 g/mol. The van der Waals surface area contributed by atoms with Gasteiger partial charge in [-0.15, -0.1) is 0 Å². The van der Waals surface area contributed by atoms with Crippen LogP contribution < -0.4 is 10.6 Å². The van der Waals surface area contributed by atoms with E-state index in [1.54, 1.807) is 31.2 Å². The number of benzene rings is 3. The lowest BCUT2D eigenvalue weighted by molar-refractivity contribution is -0.140. The van der Waals surface area contributed by atoms with E-state index in [1.165, 1.54) is 18.9 Å². The van der Waals surface area contributed by atoms with Crippen LogP contribution in [-0.4, -0.2) is 38.0 Å². The van der Waals surface area contributed by atoms with Crippen LogP contribution in [0.4, 0.5) is 5.69 Å². The molecule has 2 N–H and O–H groups in total. The van der Waals surface area contributed by atoms with E-state index in [1.807, 2.05) is 42.5 Å². The Morgan fingerprint density at radius 3 is 2.55 bits per heavy atom. The molecule has 0 bridgehead atoms. The molecule has 0 aromatic heterocycles. The second-order valence-corrected chi connectivity index (χ2v) is 9.92. The van der Waals surface area contributed by atoms with Crippen LogP contribution in [0.25, 0.3) is 10.8 Å². The van der Waals surface area contributed by atoms with Crippen molar-refractivity contribution in [1.29, 1.82) is 5.26 Å². The third-order valence-corrected chi connectivity index (χ3v) is 7.27. The molecule has 1 unspecified atom stereocenters. The SMILES string of the molecule is COCCOC(=O)C1=C(C)NC(SCC(=O)Nc2cccc3ccccc23)=C(C#N)C1c1ccc(Cl)cc1. The molecular weight excluding hydrogens is 522 g/mol. The molecule has 194 valence electrons. The maximum Gasteiger partial charge on any atom is 0.336 e. The summed E-state index contributed by atoms with van der Waals surface area (Å²) in [6.07, 6.45) is 0. The Balaban J connectivity index is 1.59. The summed E-state index contributed by atoms with van der Waals surface area (Å²) in [5.41, 5.74) is 2.62. The zero-order valence-corrected chi connectivity index (χ0v) is 22.5. The first-order chi connectivity index (χ1) is 18.4. The van der Waals surface area contributed by atoms with Gasteiger partial charge in [0.1, 0.15) is 6.61 Å². The number of esters is 1. The molecule has 1 amide bonds. The van der Waals surface area contributed by atoms with E-state index in [0.717, 1.165) is 16.5 Å². The standard InChI is InChI=1S/C29H26ClN3O4S/c1-18-26(29(35)37-15-14-36-2)27(20-10-12-21(30)13-11-20)23(16-31)28(32-18)38-17-25(34)33-24-9-5-7-19-6-3-4-8-22(19)24/h3-13,27,32H,14-15,17H2,1-2H3,(H,33,34). The number of nitriles is 1. The third-order valence-electron chi connectivity index (χ3n) is 6.00. The minimum atomic E-state index is -0.683. The molecule has 3 aromatic carbocycles. The van der Waals surface area contributed by atoms with Crippen LogP contribution in [0.1, 0.15) is 18.4 Å². The Morgan fingerprint density at radius 2 is 1.82 bits per heavy atom. The van der Waals surface area contributed by atoms with Gasteiger partial charge >= 0.3 is 5.97 Å². The summed E-state index contributed by atoms with van der Waals surface area (Å²) < 4.78 is 10.4. The smallest absolute Gasteiger partial charge is 0.336 e. The number of hydrogen-bond donors (Lipinski definition) is 2. The number of dihydropyridines is 1. The molecule has 0 radical (unpaired) electrons. The van der Waals surface area contributed by atoms with Gasteiger partial charge in [-0.1, -0.05) is 71.9 Å². The first kappa shape index (κ1) is 27.3. The Bertz CT molecular complexity index is 1460. The van der Waals surface area contributed by atoms with E-state index in [4.69, 9.17) is 21.1 Å². The van der Waals surface area contributed by atoms with Crippen molar-refractivity contribution in [2.45, 2.75) is 12.8 Å². The normalized spacial score (nSPS) is 15.2. The molecule has 1 heterocycles. The molecule has 9 heteroatoms. The number of fused-ring (bicyclic) bond motifs is 1. The van der Waals surface area contributed by atoms with E-state index < -0.39 is 11.9 Å². The molecule has 7 nitrogen and oxygen atoms in total. The van der Waals surface area contributed by atoms with Gasteiger partial charge in [0.05, 0.1) is 40.5 Å². The Kier molecular flexibility index (Phi) is 9.08. The Hall–Kier alpha value is -3.77. The first-order valence-electron chi connectivity index (χ1n) is 11.9. The predicted molar refractivity (Wildman–Crippen MR) is 151 cm³/mol. The van der Waals surface area contributed by atoms with Crippen molar-refractivity contribution in [1.82, 2.24) is 5.32 Å². The van der Waals surface area contributed by atoms with Crippen molar-refractivity contribution in [2.24, 2.45) is 0 Å². The number of rotatable bonds is 9. The zero-order chi connectivity index (χ0) is 27.1. The van der Waals surface area contributed by atoms with Crippen LogP contribution in [0.3, 0.4) is 0 Å². The van der Waals surface area contributed by atoms with Crippen LogP contribution in [0, 0.1) is 11.3 Å². The van der Waals surface area contributed by atoms with Crippen LogP contribution in [-0.2, 0) is 19.1 Å². The van der Waals surface area contributed by atoms with Crippen molar-refractivity contribution in [3.8, 4) is 6.07 Å². The maximum absolute atomic E-state index is 13.1. The number of ether oxygens (including phenoxy) is 2. The second kappa shape index (κ2) is 12.7. The number of amides is 1. The molecule has 0 spiro atoms. The molecule has 0 fully saturated rings. The maximum atomic E-state index is 13.1. The second-order valence-electron chi connectivity index (χ2n) is 8.50. The number of nitrogens with zero attached hydrogens (tertiary/aromatic N) is 1. The highest BCUT2D eigenvalue weighted by Gasteiger charge is 2.35. The highest BCUT2D eigenvalue weighted by molar-refractivity contribution is 8.03. The highest BCUT2D eigenvalue weighted by Crippen LogP contribution is 2.41. The Labute approximate surface area is 230 Å². The summed E-state index contributed by atoms with van der Waals surface area (Å²) in [5, 5.41) is 19.3. The summed E-state index contributed by atoms with van der Waals surface area (Å²) in [6, 6.07) is 22.8. The largest absolute Gasteiger partial charge is 0.460 e. The van der Waals surface area contributed by atoms with Gasteiger partial charge in [-0.05, 0) is 36.1 Å². The summed E-state index contributed by atoms with van der Waals surface area (Å²) in [4.78, 5) is 26.0. The lowest BCUT2D eigenvalue weighted by Gasteiger charge is -2.29. The molecule has 0 saturated heterocycles. The molecule has 1 atom stereocenters. The number of hydrogen-bond acceptors (Lipinski definition) is 7. The zero-order valence-electron chi connectivity index (χ0n) is 20.9. The summed E-state index contributed by atoms with van der Waals surface area (Å²) in [7, 11) is 1.52. The Morgan fingerprint density at radius 1 is 1.08 bits per heavy atom. The number of nitrogens with one attached hydrogen (secondary N) is 2. The number of allylic oxidation sites excluding steroid dienone is 2. The topological polar surface area (TPSA) is 100 Å². The van der Waals surface area contributed by atoms with Crippen LogP contribution in [0.15, 0.2) is 88.6 Å². The molecule has 38 heavy (non-hydrogen) atoms. The minimum Gasteiger partial charge on any atom is -0.460 e. The van der Waals surface area contributed by atoms with Gasteiger partial charge in [0, 0.05) is 28.9 Å². The predicted octanol–water partition coefficient (Wildman–Crippen LogP) is 5.75. The van der Waals surface area contributed by atoms with Crippen molar-refractivity contribution < 1.29 is 19.1 Å². The quantitative estimate of drug-likeness (QED) is 0.260. The van der Waals surface area contributed by atoms with Gasteiger partial charge < -0.3 is 20.1 Å². The van der Waals surface area contributed by atoms with Crippen molar-refractivity contribution in [3.05, 3.63) is 99.2 Å². The molecular formula is C29H26ClN3O4S. The number of carbonyl (C=O) groups is 2. The minimum absolute atomic E-state index is 0.0605. The van der Waals surface area contributed by atoms with E-state index >= 15 is 0 Å². The first-order valence-corrected chi connectivity index (χ1v) is 13.2. The summed E-state index contributed by atoms with van der Waals surface area (Å²) in [5.74, 6) is -1.38. The van der Waals surface area contributed by atoms with Crippen LogP contribution in [0.5, 0.6) is 0 Å². The summed E-state index contributed by atoms with van der Waals surface area (Å²) in [6.45, 7) is 2.09. The molecule has 3 aromatic rings. The van der Waals surface area contributed by atoms with Crippen LogP contribution >= 0.6 is 23.4 Å². The number of carbonyl (C=O) groups excluding carboxylic acids is 2. The van der Waals surface area contributed by atoms with E-state index in [-0.39, 0.29) is 24.9 Å². The van der Waals surface area contributed by atoms with Gasteiger partial charge in [-0.2, -0.15) is 5.26 Å². The van der Waals surface area contributed by atoms with Crippen LogP contribution in [0.2, 0.25) is 5.02 Å². The third kappa shape index (κ3) is 6.20. The number of halogens is 1. The molecule has 1 aliphatic rings. The molecule has 0 aliphatic carbocycles. The average Bonchev–Trinajstić information content (AvgIpc) is 2.92.